The smallest absolute Gasteiger partial charge is 0.119 e. The van der Waals surface area contributed by atoms with Crippen LogP contribution in [-0.4, -0.2) is 17.8 Å². The minimum absolute atomic E-state index is 0.0317. The predicted molar refractivity (Wildman–Crippen MR) is 60.5 cm³/mol. The zero-order chi connectivity index (χ0) is 10.4. The Kier molecular flexibility index (Phi) is 5.19. The van der Waals surface area contributed by atoms with Gasteiger partial charge < -0.3 is 9.63 Å². The van der Waals surface area contributed by atoms with Gasteiger partial charge in [-0.25, -0.2) is 0 Å². The van der Waals surface area contributed by atoms with Crippen LogP contribution in [-0.2, 0) is 4.52 Å². The minimum atomic E-state index is -0.0317. The lowest BCUT2D eigenvalue weighted by atomic mass is 10.2. The number of aliphatic hydroxyl groups is 1. The summed E-state index contributed by atoms with van der Waals surface area (Å²) in [4.78, 5) is 0. The van der Waals surface area contributed by atoms with E-state index in [4.69, 9.17) is 9.63 Å². The molecule has 2 unspecified atom stereocenters. The van der Waals surface area contributed by atoms with E-state index in [0.717, 1.165) is 6.42 Å². The van der Waals surface area contributed by atoms with Crippen molar-refractivity contribution in [3.05, 3.63) is 12.2 Å². The number of hydrogen-bond acceptors (Lipinski definition) is 2. The maximum Gasteiger partial charge on any atom is 0.119 e. The second-order valence-electron chi connectivity index (χ2n) is 3.64. The van der Waals surface area contributed by atoms with Crippen molar-refractivity contribution in [2.75, 3.05) is 6.61 Å². The van der Waals surface area contributed by atoms with Crippen molar-refractivity contribution in [1.82, 2.24) is 0 Å². The molecule has 0 aliphatic heterocycles. The lowest BCUT2D eigenvalue weighted by Crippen LogP contribution is -1.94. The number of rotatable bonds is 4. The van der Waals surface area contributed by atoms with Gasteiger partial charge in [-0.05, 0) is 37.7 Å². The van der Waals surface area contributed by atoms with Crippen LogP contribution in [0.5, 0.6) is 0 Å². The molecule has 0 aromatic heterocycles. The molecule has 1 fully saturated rings. The second-order valence-corrected chi connectivity index (χ2v) is 3.92. The lowest BCUT2D eigenvalue weighted by molar-refractivity contribution is 0.269. The first-order valence-electron chi connectivity index (χ1n) is 4.90. The van der Waals surface area contributed by atoms with E-state index >= 15 is 0 Å². The topological polar surface area (TPSA) is 29.5 Å². The van der Waals surface area contributed by atoms with Gasteiger partial charge in [0.25, 0.3) is 0 Å². The molecule has 78 valence electrons. The highest BCUT2D eigenvalue weighted by molar-refractivity contribution is 7.09. The molecule has 0 heterocycles. The van der Waals surface area contributed by atoms with Crippen LogP contribution in [0.2, 0.25) is 0 Å². The van der Waals surface area contributed by atoms with E-state index < -0.39 is 0 Å². The van der Waals surface area contributed by atoms with Gasteiger partial charge in [-0.2, -0.15) is 0 Å². The van der Waals surface area contributed by atoms with E-state index in [2.05, 4.69) is 27.4 Å². The molecule has 0 aromatic rings. The first-order chi connectivity index (χ1) is 6.77. The third-order valence-electron chi connectivity index (χ3n) is 2.43. The molecule has 0 saturated heterocycles. The quantitative estimate of drug-likeness (QED) is 0.568. The summed E-state index contributed by atoms with van der Waals surface area (Å²) in [7, 11) is 2.20. The van der Waals surface area contributed by atoms with Gasteiger partial charge in [0.05, 0.1) is 0 Å². The Labute approximate surface area is 88.0 Å². The summed E-state index contributed by atoms with van der Waals surface area (Å²) in [5.41, 5.74) is 0. The van der Waals surface area contributed by atoms with E-state index in [1.54, 1.807) is 0 Å². The molecule has 0 amide bonds. The van der Waals surface area contributed by atoms with Gasteiger partial charge in [-0.1, -0.05) is 17.9 Å². The zero-order valence-electron chi connectivity index (χ0n) is 8.44. The summed E-state index contributed by atoms with van der Waals surface area (Å²) in [6, 6.07) is 0. The number of aliphatic hydroxyl groups excluding tert-OH is 1. The van der Waals surface area contributed by atoms with Crippen LogP contribution >= 0.6 is 9.47 Å². The Morgan fingerprint density at radius 2 is 2.43 bits per heavy atom. The molecule has 1 saturated carbocycles. The Balaban J connectivity index is 2.11. The highest BCUT2D eigenvalue weighted by Gasteiger charge is 2.34. The van der Waals surface area contributed by atoms with Crippen molar-refractivity contribution in [3.8, 4) is 11.8 Å². The molecular weight excluding hydrogens is 195 g/mol. The Morgan fingerprint density at radius 1 is 1.64 bits per heavy atom. The Hall–Kier alpha value is -0.350. The van der Waals surface area contributed by atoms with Crippen LogP contribution in [0.3, 0.4) is 0 Å². The molecule has 4 atom stereocenters. The molecule has 2 nitrogen and oxygen atoms in total. The van der Waals surface area contributed by atoms with Gasteiger partial charge >= 0.3 is 0 Å². The molecule has 0 bridgehead atoms. The maximum atomic E-state index is 8.81. The van der Waals surface area contributed by atoms with Crippen molar-refractivity contribution in [2.45, 2.75) is 25.9 Å². The van der Waals surface area contributed by atoms with E-state index in [0.29, 0.717) is 18.4 Å². The molecule has 0 aromatic carbocycles. The first-order valence-corrected chi connectivity index (χ1v) is 5.37. The largest absolute Gasteiger partial charge is 0.396 e. The van der Waals surface area contributed by atoms with Crippen molar-refractivity contribution in [2.24, 2.45) is 11.8 Å². The Morgan fingerprint density at radius 3 is 3.00 bits per heavy atom. The van der Waals surface area contributed by atoms with Crippen molar-refractivity contribution in [1.29, 1.82) is 0 Å². The summed E-state index contributed by atoms with van der Waals surface area (Å²) >= 11 is 0. The predicted octanol–water partition coefficient (Wildman–Crippen LogP) is 1.76. The molecule has 1 rings (SSSR count). The van der Waals surface area contributed by atoms with E-state index in [1.807, 2.05) is 13.0 Å². The summed E-state index contributed by atoms with van der Waals surface area (Å²) in [5.74, 6) is 7.07. The fraction of sp³-hybridized carbons (Fsp3) is 0.636. The molecule has 14 heavy (non-hydrogen) atoms. The minimum Gasteiger partial charge on any atom is -0.396 e. The number of allylic oxidation sites excluding steroid dienone is 2. The van der Waals surface area contributed by atoms with Crippen LogP contribution < -0.4 is 0 Å². The van der Waals surface area contributed by atoms with Crippen LogP contribution in [0.15, 0.2) is 12.2 Å². The highest BCUT2D eigenvalue weighted by atomic mass is 31.0. The monoisotopic (exact) mass is 212 g/mol. The average Bonchev–Trinajstić information content (AvgIpc) is 2.95. The summed E-state index contributed by atoms with van der Waals surface area (Å²) in [5, 5.41) is 8.81. The molecule has 0 spiro atoms. The SMILES string of the molecule is CC(C#C/C=C\C[C@H]1C[C@H]1CO)OP. The lowest BCUT2D eigenvalue weighted by Gasteiger charge is -1.95. The van der Waals surface area contributed by atoms with Crippen LogP contribution in [0.4, 0.5) is 0 Å². The van der Waals surface area contributed by atoms with Crippen LogP contribution in [0.1, 0.15) is 19.8 Å². The molecule has 3 heteroatoms. The maximum absolute atomic E-state index is 8.81. The molecular formula is C11H17O2P. The third kappa shape index (κ3) is 4.24. The number of hydrogen-bond donors (Lipinski definition) is 1. The van der Waals surface area contributed by atoms with Gasteiger partial charge in [0.15, 0.2) is 0 Å². The molecule has 1 aliphatic carbocycles. The molecule has 0 radical (unpaired) electrons. The van der Waals surface area contributed by atoms with Crippen molar-refractivity contribution >= 4 is 9.47 Å². The highest BCUT2D eigenvalue weighted by Crippen LogP contribution is 2.40. The standard InChI is InChI=1S/C11H17O2P/c1-9(13-14)5-3-2-4-6-10-7-11(10)8-12/h2,4,9-12H,6-8,14H2,1H3/b4-2-/t9?,10-,11-/m0/s1. The van der Waals surface area contributed by atoms with Crippen molar-refractivity contribution < 1.29 is 9.63 Å². The van der Waals surface area contributed by atoms with Gasteiger partial charge in [0.2, 0.25) is 0 Å². The summed E-state index contributed by atoms with van der Waals surface area (Å²) in [6.45, 7) is 2.23. The average molecular weight is 212 g/mol. The molecule has 1 N–H and O–H groups in total. The third-order valence-corrected chi connectivity index (χ3v) is 2.84. The fourth-order valence-corrected chi connectivity index (χ4v) is 1.39. The van der Waals surface area contributed by atoms with E-state index in [1.165, 1.54) is 6.42 Å². The fourth-order valence-electron chi connectivity index (χ4n) is 1.32. The van der Waals surface area contributed by atoms with Crippen molar-refractivity contribution in [3.63, 3.8) is 0 Å². The van der Waals surface area contributed by atoms with Crippen LogP contribution in [0, 0.1) is 23.7 Å². The van der Waals surface area contributed by atoms with Crippen LogP contribution in [0.25, 0.3) is 0 Å². The second kappa shape index (κ2) is 6.19. The van der Waals surface area contributed by atoms with Gasteiger partial charge in [0.1, 0.15) is 6.10 Å². The van der Waals surface area contributed by atoms with Gasteiger partial charge in [0, 0.05) is 16.1 Å². The van der Waals surface area contributed by atoms with Gasteiger partial charge in [-0.15, -0.1) is 0 Å². The first kappa shape index (κ1) is 11.7. The summed E-state index contributed by atoms with van der Waals surface area (Å²) < 4.78 is 4.90. The van der Waals surface area contributed by atoms with E-state index in [9.17, 15) is 0 Å². The zero-order valence-corrected chi connectivity index (χ0v) is 9.60. The van der Waals surface area contributed by atoms with E-state index in [-0.39, 0.29) is 6.10 Å². The summed E-state index contributed by atoms with van der Waals surface area (Å²) in [6.07, 6.45) is 6.11. The van der Waals surface area contributed by atoms with Gasteiger partial charge in [-0.3, -0.25) is 0 Å². The normalized spacial score (nSPS) is 27.1. The Bertz CT molecular complexity index is 252. The molecule has 1 aliphatic rings.